The highest BCUT2D eigenvalue weighted by Crippen LogP contribution is 2.42. The van der Waals surface area contributed by atoms with E-state index in [1.807, 2.05) is 18.5 Å². The van der Waals surface area contributed by atoms with Crippen LogP contribution in [0.15, 0.2) is 37.2 Å². The number of fused-ring (bicyclic) bond motifs is 1. The van der Waals surface area contributed by atoms with Crippen molar-refractivity contribution >= 4 is 23.2 Å². The molecule has 0 bridgehead atoms. The van der Waals surface area contributed by atoms with E-state index in [1.165, 1.54) is 0 Å². The Kier molecular flexibility index (Phi) is 3.72. The van der Waals surface area contributed by atoms with Crippen molar-refractivity contribution in [1.82, 2.24) is 9.55 Å². The molecule has 2 aromatic rings. The third-order valence-electron chi connectivity index (χ3n) is 3.51. The molecule has 1 atom stereocenters. The molecule has 20 heavy (non-hydrogen) atoms. The van der Waals surface area contributed by atoms with Gasteiger partial charge in [-0.1, -0.05) is 35.9 Å². The molecule has 1 aliphatic rings. The van der Waals surface area contributed by atoms with Crippen molar-refractivity contribution in [1.29, 1.82) is 0 Å². The van der Waals surface area contributed by atoms with Gasteiger partial charge in [-0.25, -0.2) is 4.98 Å². The van der Waals surface area contributed by atoms with Gasteiger partial charge >= 0.3 is 0 Å². The molecule has 1 unspecified atom stereocenters. The molecule has 0 fully saturated rings. The van der Waals surface area contributed by atoms with E-state index >= 15 is 0 Å². The van der Waals surface area contributed by atoms with Gasteiger partial charge in [0.05, 0.1) is 10.0 Å². The fourth-order valence-corrected chi connectivity index (χ4v) is 3.09. The van der Waals surface area contributed by atoms with Gasteiger partial charge in [0.15, 0.2) is 0 Å². The van der Waals surface area contributed by atoms with E-state index in [0.29, 0.717) is 16.7 Å². The summed E-state index contributed by atoms with van der Waals surface area (Å²) in [4.78, 5) is 4.35. The minimum Gasteiger partial charge on any atom is -0.489 e. The van der Waals surface area contributed by atoms with E-state index < -0.39 is 0 Å². The van der Waals surface area contributed by atoms with Crippen molar-refractivity contribution in [3.05, 3.63) is 58.6 Å². The lowest BCUT2D eigenvalue weighted by atomic mass is 9.96. The van der Waals surface area contributed by atoms with Gasteiger partial charge in [0.25, 0.3) is 0 Å². The SMILES string of the molecule is C=CCOc1ccc(Cl)c(Cl)c1C1Cc2nccn2C1. The van der Waals surface area contributed by atoms with E-state index in [-0.39, 0.29) is 5.92 Å². The number of hydrogen-bond donors (Lipinski definition) is 0. The lowest BCUT2D eigenvalue weighted by Crippen LogP contribution is -2.06. The fraction of sp³-hybridized carbons (Fsp3) is 0.267. The molecule has 0 aliphatic carbocycles. The first-order valence-corrected chi connectivity index (χ1v) is 7.18. The number of hydrogen-bond acceptors (Lipinski definition) is 2. The maximum absolute atomic E-state index is 6.40. The molecule has 5 heteroatoms. The third-order valence-corrected chi connectivity index (χ3v) is 4.32. The zero-order chi connectivity index (χ0) is 14.1. The largest absolute Gasteiger partial charge is 0.489 e. The number of ether oxygens (including phenoxy) is 1. The van der Waals surface area contributed by atoms with Crippen LogP contribution in [0.5, 0.6) is 5.75 Å². The first kappa shape index (κ1) is 13.5. The van der Waals surface area contributed by atoms with Crippen molar-refractivity contribution in [2.75, 3.05) is 6.61 Å². The average Bonchev–Trinajstić information content (AvgIpc) is 3.01. The first-order valence-electron chi connectivity index (χ1n) is 6.42. The predicted molar refractivity (Wildman–Crippen MR) is 80.8 cm³/mol. The Bertz CT molecular complexity index is 631. The third kappa shape index (κ3) is 2.32. The van der Waals surface area contributed by atoms with E-state index in [9.17, 15) is 0 Å². The summed E-state index contributed by atoms with van der Waals surface area (Å²) in [5, 5.41) is 1.13. The van der Waals surface area contributed by atoms with E-state index in [2.05, 4.69) is 16.1 Å². The number of halogens is 2. The molecule has 0 spiro atoms. The molecule has 1 aliphatic heterocycles. The van der Waals surface area contributed by atoms with Crippen LogP contribution in [0.2, 0.25) is 10.0 Å². The van der Waals surface area contributed by atoms with Gasteiger partial charge in [0, 0.05) is 36.8 Å². The molecule has 0 amide bonds. The van der Waals surface area contributed by atoms with E-state index in [1.54, 1.807) is 12.1 Å². The molecule has 1 aromatic carbocycles. The summed E-state index contributed by atoms with van der Waals surface area (Å²) in [6, 6.07) is 3.63. The molecule has 104 valence electrons. The Morgan fingerprint density at radius 3 is 3.05 bits per heavy atom. The average molecular weight is 309 g/mol. The maximum Gasteiger partial charge on any atom is 0.124 e. The molecule has 0 radical (unpaired) electrons. The molecule has 0 saturated heterocycles. The van der Waals surface area contributed by atoms with E-state index in [4.69, 9.17) is 27.9 Å². The molecular weight excluding hydrogens is 295 g/mol. The van der Waals surface area contributed by atoms with Gasteiger partial charge in [-0.05, 0) is 12.1 Å². The maximum atomic E-state index is 6.40. The van der Waals surface area contributed by atoms with Gasteiger partial charge in [-0.3, -0.25) is 0 Å². The van der Waals surface area contributed by atoms with Crippen LogP contribution in [0.4, 0.5) is 0 Å². The van der Waals surface area contributed by atoms with Gasteiger partial charge in [-0.15, -0.1) is 0 Å². The normalized spacial score (nSPS) is 17.0. The predicted octanol–water partition coefficient (Wildman–Crippen LogP) is 4.09. The Morgan fingerprint density at radius 2 is 2.30 bits per heavy atom. The number of rotatable bonds is 4. The van der Waals surface area contributed by atoms with Crippen LogP contribution in [0.1, 0.15) is 17.3 Å². The van der Waals surface area contributed by atoms with Crippen molar-refractivity contribution in [2.45, 2.75) is 18.9 Å². The molecule has 3 rings (SSSR count). The van der Waals surface area contributed by atoms with E-state index in [0.717, 1.165) is 30.1 Å². The number of imidazole rings is 1. The van der Waals surface area contributed by atoms with Crippen molar-refractivity contribution in [2.24, 2.45) is 0 Å². The zero-order valence-corrected chi connectivity index (χ0v) is 12.4. The van der Waals surface area contributed by atoms with Crippen LogP contribution in [0, 0.1) is 0 Å². The standard InChI is InChI=1S/C15H14Cl2N2O/c1-2-7-20-12-4-3-11(16)15(17)14(12)10-8-13-18-5-6-19(13)9-10/h2-6,10H,1,7-9H2. The summed E-state index contributed by atoms with van der Waals surface area (Å²) in [7, 11) is 0. The Morgan fingerprint density at radius 1 is 1.45 bits per heavy atom. The van der Waals surface area contributed by atoms with Gasteiger partial charge in [-0.2, -0.15) is 0 Å². The molecular formula is C15H14Cl2N2O. The smallest absolute Gasteiger partial charge is 0.124 e. The first-order chi connectivity index (χ1) is 9.70. The minimum absolute atomic E-state index is 0.240. The van der Waals surface area contributed by atoms with Crippen LogP contribution in [0.25, 0.3) is 0 Å². The van der Waals surface area contributed by atoms with Gasteiger partial charge in [0.1, 0.15) is 18.2 Å². The number of benzene rings is 1. The topological polar surface area (TPSA) is 27.1 Å². The van der Waals surface area contributed by atoms with Gasteiger partial charge in [0.2, 0.25) is 0 Å². The van der Waals surface area contributed by atoms with Crippen molar-refractivity contribution in [3.63, 3.8) is 0 Å². The summed E-state index contributed by atoms with van der Waals surface area (Å²) in [5.74, 6) is 2.08. The number of aromatic nitrogens is 2. The Balaban J connectivity index is 1.97. The highest BCUT2D eigenvalue weighted by Gasteiger charge is 2.28. The second-order valence-electron chi connectivity index (χ2n) is 4.77. The summed E-state index contributed by atoms with van der Waals surface area (Å²) in [6.45, 7) is 4.96. The second-order valence-corrected chi connectivity index (χ2v) is 5.55. The summed E-state index contributed by atoms with van der Waals surface area (Å²) in [6.07, 6.45) is 6.36. The van der Waals surface area contributed by atoms with Crippen molar-refractivity contribution < 1.29 is 4.74 Å². The molecule has 3 nitrogen and oxygen atoms in total. The highest BCUT2D eigenvalue weighted by molar-refractivity contribution is 6.42. The molecule has 2 heterocycles. The van der Waals surface area contributed by atoms with Crippen LogP contribution >= 0.6 is 23.2 Å². The lowest BCUT2D eigenvalue weighted by molar-refractivity contribution is 0.355. The van der Waals surface area contributed by atoms with Crippen LogP contribution in [-0.4, -0.2) is 16.2 Å². The van der Waals surface area contributed by atoms with Crippen LogP contribution in [0.3, 0.4) is 0 Å². The quantitative estimate of drug-likeness (QED) is 0.795. The summed E-state index contributed by atoms with van der Waals surface area (Å²) < 4.78 is 7.86. The van der Waals surface area contributed by atoms with Crippen LogP contribution in [-0.2, 0) is 13.0 Å². The summed E-state index contributed by atoms with van der Waals surface area (Å²) in [5.41, 5.74) is 0.964. The number of nitrogens with zero attached hydrogens (tertiary/aromatic N) is 2. The minimum atomic E-state index is 0.240. The summed E-state index contributed by atoms with van der Waals surface area (Å²) >= 11 is 12.6. The lowest BCUT2D eigenvalue weighted by Gasteiger charge is -2.17. The molecule has 1 aromatic heterocycles. The molecule has 0 saturated carbocycles. The fourth-order valence-electron chi connectivity index (χ4n) is 2.62. The Labute approximate surface area is 127 Å². The molecule has 0 N–H and O–H groups in total. The van der Waals surface area contributed by atoms with Crippen LogP contribution < -0.4 is 4.74 Å². The van der Waals surface area contributed by atoms with Crippen molar-refractivity contribution in [3.8, 4) is 5.75 Å². The monoisotopic (exact) mass is 308 g/mol. The Hall–Kier alpha value is -1.45. The zero-order valence-electron chi connectivity index (χ0n) is 10.9. The highest BCUT2D eigenvalue weighted by atomic mass is 35.5. The second kappa shape index (κ2) is 5.51. The van der Waals surface area contributed by atoms with Gasteiger partial charge < -0.3 is 9.30 Å².